The molecule has 0 bridgehead atoms. The third-order valence-corrected chi connectivity index (χ3v) is 1.46. The number of carbonyl (C=O) groups is 2. The molecule has 1 N–H and O–H groups in total. The molecule has 92 valence electrons. The van der Waals surface area contributed by atoms with Gasteiger partial charge in [-0.15, -0.1) is 0 Å². The van der Waals surface area contributed by atoms with E-state index in [4.69, 9.17) is 0 Å². The van der Waals surface area contributed by atoms with Crippen LogP contribution in [0.25, 0.3) is 0 Å². The summed E-state index contributed by atoms with van der Waals surface area (Å²) >= 11 is 0. The molecule has 0 saturated carbocycles. The van der Waals surface area contributed by atoms with Gasteiger partial charge in [0.2, 0.25) is 0 Å². The van der Waals surface area contributed by atoms with E-state index in [1.807, 2.05) is 0 Å². The van der Waals surface area contributed by atoms with Crippen LogP contribution in [0, 0.1) is 0 Å². The number of carbonyl (C=O) groups excluding carboxylic acids is 2. The lowest BCUT2D eigenvalue weighted by atomic mass is 10.4. The maximum Gasteiger partial charge on any atom is 0.428 e. The van der Waals surface area contributed by atoms with E-state index < -0.39 is 18.1 Å². The molecule has 1 amide bonds. The summed E-state index contributed by atoms with van der Waals surface area (Å²) < 4.78 is 0. The zero-order valence-corrected chi connectivity index (χ0v) is 9.89. The fourth-order valence-corrected chi connectivity index (χ4v) is 0.799. The highest BCUT2D eigenvalue weighted by molar-refractivity contribution is 5.77. The van der Waals surface area contributed by atoms with Crippen LogP contribution in [0.15, 0.2) is 4.99 Å². The third kappa shape index (κ3) is 5.97. The maximum absolute atomic E-state index is 11.3. The van der Waals surface area contributed by atoms with Gasteiger partial charge in [0.05, 0.1) is 7.05 Å². The average Bonchev–Trinajstić information content (AvgIpc) is 2.17. The Kier molecular flexibility index (Phi) is 6.86. The van der Waals surface area contributed by atoms with Crippen LogP contribution in [0.5, 0.6) is 0 Å². The second kappa shape index (κ2) is 7.63. The molecule has 7 nitrogen and oxygen atoms in total. The van der Waals surface area contributed by atoms with Crippen LogP contribution < -0.4 is 5.32 Å². The first-order chi connectivity index (χ1) is 7.51. The van der Waals surface area contributed by atoms with E-state index in [2.05, 4.69) is 20.0 Å². The Hall–Kier alpha value is -1.63. The molecule has 0 radical (unpaired) electrons. The first-order valence-electron chi connectivity index (χ1n) is 4.90. The van der Waals surface area contributed by atoms with E-state index >= 15 is 0 Å². The van der Waals surface area contributed by atoms with Gasteiger partial charge in [0.1, 0.15) is 6.04 Å². The molecule has 0 aromatic rings. The number of hydrogen-bond acceptors (Lipinski definition) is 6. The lowest BCUT2D eigenvalue weighted by Crippen LogP contribution is -2.35. The number of hydrogen-bond donors (Lipinski definition) is 1. The van der Waals surface area contributed by atoms with Crippen LogP contribution in [0.1, 0.15) is 20.8 Å². The quantitative estimate of drug-likeness (QED) is 0.551. The normalized spacial score (nSPS) is 12.6. The summed E-state index contributed by atoms with van der Waals surface area (Å²) in [5.74, 6) is -0.607. The van der Waals surface area contributed by atoms with Crippen molar-refractivity contribution in [1.29, 1.82) is 0 Å². The van der Waals surface area contributed by atoms with Gasteiger partial charge >= 0.3 is 12.1 Å². The van der Waals surface area contributed by atoms with Crippen LogP contribution in [0.4, 0.5) is 4.79 Å². The number of nitrogens with one attached hydrogen (secondary N) is 1. The van der Waals surface area contributed by atoms with E-state index in [-0.39, 0.29) is 0 Å². The molecule has 0 heterocycles. The largest absolute Gasteiger partial charge is 0.428 e. The predicted molar refractivity (Wildman–Crippen MR) is 57.6 cm³/mol. The molecule has 0 rings (SSSR count). The number of rotatable bonds is 5. The molecule has 0 aliphatic heterocycles. The number of hydroxylamine groups is 2. The van der Waals surface area contributed by atoms with E-state index in [1.54, 1.807) is 20.8 Å². The highest BCUT2D eigenvalue weighted by Gasteiger charge is 2.17. The lowest BCUT2D eigenvalue weighted by molar-refractivity contribution is -0.298. The molecule has 16 heavy (non-hydrogen) atoms. The van der Waals surface area contributed by atoms with E-state index in [0.29, 0.717) is 11.8 Å². The average molecular weight is 231 g/mol. The Morgan fingerprint density at radius 1 is 1.50 bits per heavy atom. The molecule has 0 aromatic heterocycles. The molecule has 0 aromatic carbocycles. The van der Waals surface area contributed by atoms with Crippen LogP contribution in [0.3, 0.4) is 0 Å². The van der Waals surface area contributed by atoms with Crippen LogP contribution in [0.2, 0.25) is 0 Å². The standard InChI is InChI=1S/C9H17N3O4/c1-5-10-7(3)8(13)15-12(4)16-9(14)11-6-2/h5,7H,6H2,1-4H3,(H,11,14). The summed E-state index contributed by atoms with van der Waals surface area (Å²) in [5.41, 5.74) is 0. The van der Waals surface area contributed by atoms with Gasteiger partial charge in [-0.2, -0.15) is 0 Å². The van der Waals surface area contributed by atoms with Gasteiger partial charge in [-0.05, 0) is 27.0 Å². The van der Waals surface area contributed by atoms with E-state index in [0.717, 1.165) is 0 Å². The van der Waals surface area contributed by atoms with E-state index in [1.165, 1.54) is 13.3 Å². The minimum absolute atomic E-state index is 0.428. The van der Waals surface area contributed by atoms with Gasteiger partial charge in [0.15, 0.2) is 0 Å². The van der Waals surface area contributed by atoms with Gasteiger partial charge in [0.25, 0.3) is 0 Å². The lowest BCUT2D eigenvalue weighted by Gasteiger charge is -2.15. The summed E-state index contributed by atoms with van der Waals surface area (Å²) in [6.07, 6.45) is 0.806. The number of amides is 1. The SMILES string of the molecule is CC=NC(C)C(=O)ON(C)OC(=O)NCC. The van der Waals surface area contributed by atoms with Crippen molar-refractivity contribution in [3.63, 3.8) is 0 Å². The molecular weight excluding hydrogens is 214 g/mol. The molecule has 0 saturated heterocycles. The zero-order chi connectivity index (χ0) is 12.6. The molecule has 1 unspecified atom stereocenters. The maximum atomic E-state index is 11.3. The van der Waals surface area contributed by atoms with Crippen molar-refractivity contribution >= 4 is 18.3 Å². The zero-order valence-electron chi connectivity index (χ0n) is 9.89. The summed E-state index contributed by atoms with van der Waals surface area (Å²) in [6.45, 7) is 5.43. The Morgan fingerprint density at radius 3 is 2.62 bits per heavy atom. The second-order valence-electron chi connectivity index (χ2n) is 2.84. The second-order valence-corrected chi connectivity index (χ2v) is 2.84. The molecule has 0 aliphatic rings. The molecule has 0 fully saturated rings. The topological polar surface area (TPSA) is 80.2 Å². The summed E-state index contributed by atoms with van der Waals surface area (Å²) in [5, 5.41) is 3.07. The Morgan fingerprint density at radius 2 is 2.12 bits per heavy atom. The minimum Gasteiger partial charge on any atom is -0.331 e. The Labute approximate surface area is 94.3 Å². The minimum atomic E-state index is -0.690. The Bertz CT molecular complexity index is 267. The van der Waals surface area contributed by atoms with Crippen molar-refractivity contribution in [2.75, 3.05) is 13.6 Å². The fourth-order valence-electron chi connectivity index (χ4n) is 0.799. The van der Waals surface area contributed by atoms with Crippen molar-refractivity contribution in [1.82, 2.24) is 10.5 Å². The van der Waals surface area contributed by atoms with Crippen LogP contribution >= 0.6 is 0 Å². The van der Waals surface area contributed by atoms with Crippen molar-refractivity contribution in [2.45, 2.75) is 26.8 Å². The van der Waals surface area contributed by atoms with Gasteiger partial charge in [0, 0.05) is 11.8 Å². The van der Waals surface area contributed by atoms with Gasteiger partial charge < -0.3 is 15.0 Å². The van der Waals surface area contributed by atoms with Crippen molar-refractivity contribution in [2.24, 2.45) is 4.99 Å². The monoisotopic (exact) mass is 231 g/mol. The van der Waals surface area contributed by atoms with Crippen LogP contribution in [-0.4, -0.2) is 43.1 Å². The van der Waals surface area contributed by atoms with Gasteiger partial charge in [-0.1, -0.05) is 0 Å². The van der Waals surface area contributed by atoms with E-state index in [9.17, 15) is 9.59 Å². The number of nitrogens with zero attached hydrogens (tertiary/aromatic N) is 2. The molecule has 0 spiro atoms. The van der Waals surface area contributed by atoms with Crippen molar-refractivity contribution in [3.8, 4) is 0 Å². The fraction of sp³-hybridized carbons (Fsp3) is 0.667. The molecular formula is C9H17N3O4. The molecule has 0 aliphatic carbocycles. The molecule has 7 heteroatoms. The van der Waals surface area contributed by atoms with Gasteiger partial charge in [-0.25, -0.2) is 9.59 Å². The molecule has 1 atom stereocenters. The Balaban J connectivity index is 3.99. The van der Waals surface area contributed by atoms with Crippen molar-refractivity contribution in [3.05, 3.63) is 0 Å². The van der Waals surface area contributed by atoms with Crippen LogP contribution in [-0.2, 0) is 14.5 Å². The van der Waals surface area contributed by atoms with Gasteiger partial charge in [-0.3, -0.25) is 4.99 Å². The predicted octanol–water partition coefficient (Wildman–Crippen LogP) is 0.517. The third-order valence-electron chi connectivity index (χ3n) is 1.46. The summed E-state index contributed by atoms with van der Waals surface area (Å²) in [6, 6.07) is -0.634. The summed E-state index contributed by atoms with van der Waals surface area (Å²) in [4.78, 5) is 35.3. The van der Waals surface area contributed by atoms with Crippen molar-refractivity contribution < 1.29 is 19.3 Å². The highest BCUT2D eigenvalue weighted by atomic mass is 17.0. The first-order valence-corrected chi connectivity index (χ1v) is 4.90. The first kappa shape index (κ1) is 14.4. The smallest absolute Gasteiger partial charge is 0.331 e. The highest BCUT2D eigenvalue weighted by Crippen LogP contribution is 1.97. The number of aliphatic imine (C=N–C) groups is 1. The summed E-state index contributed by atoms with van der Waals surface area (Å²) in [7, 11) is 1.30.